The summed E-state index contributed by atoms with van der Waals surface area (Å²) in [6.07, 6.45) is 4.46. The van der Waals surface area contributed by atoms with Crippen LogP contribution in [0.2, 0.25) is 0 Å². The average molecular weight is 434 g/mol. The Kier molecular flexibility index (Phi) is 5.23. The zero-order chi connectivity index (χ0) is 21.4. The number of hydrogen-bond acceptors (Lipinski definition) is 5. The van der Waals surface area contributed by atoms with Crippen LogP contribution in [0.4, 0.5) is 0 Å². The summed E-state index contributed by atoms with van der Waals surface area (Å²) in [5.41, 5.74) is 2.33. The molecule has 1 N–H and O–H groups in total. The van der Waals surface area contributed by atoms with Crippen molar-refractivity contribution in [3.63, 3.8) is 0 Å². The van der Waals surface area contributed by atoms with Gasteiger partial charge < -0.3 is 5.32 Å². The summed E-state index contributed by atoms with van der Waals surface area (Å²) in [4.78, 5) is 25.8. The van der Waals surface area contributed by atoms with Crippen molar-refractivity contribution in [2.24, 2.45) is 0 Å². The third-order valence-corrected chi connectivity index (χ3v) is 6.73. The molecule has 1 fully saturated rings. The van der Waals surface area contributed by atoms with Crippen molar-refractivity contribution in [2.45, 2.75) is 43.8 Å². The topological polar surface area (TPSA) is 81.3 Å². The van der Waals surface area contributed by atoms with Crippen molar-refractivity contribution in [2.75, 3.05) is 5.75 Å². The van der Waals surface area contributed by atoms with Gasteiger partial charge in [0.25, 0.3) is 5.56 Å². The molecule has 0 spiro atoms. The molecular weight excluding hydrogens is 410 g/mol. The predicted molar refractivity (Wildman–Crippen MR) is 122 cm³/mol. The van der Waals surface area contributed by atoms with Crippen LogP contribution in [-0.4, -0.2) is 36.9 Å². The molecule has 1 saturated carbocycles. The van der Waals surface area contributed by atoms with E-state index in [1.54, 1.807) is 4.57 Å². The summed E-state index contributed by atoms with van der Waals surface area (Å²) < 4.78 is 3.48. The van der Waals surface area contributed by atoms with Crippen LogP contribution in [0.15, 0.2) is 58.5 Å². The first-order valence-electron chi connectivity index (χ1n) is 10.5. The molecule has 7 nitrogen and oxygen atoms in total. The number of amides is 1. The van der Waals surface area contributed by atoms with Crippen molar-refractivity contribution in [1.29, 1.82) is 0 Å². The van der Waals surface area contributed by atoms with Crippen LogP contribution in [0, 0.1) is 6.92 Å². The number of nitrogens with zero attached hydrogens (tertiary/aromatic N) is 4. The number of thioether (sulfide) groups is 1. The lowest BCUT2D eigenvalue weighted by Gasteiger charge is -2.13. The summed E-state index contributed by atoms with van der Waals surface area (Å²) in [6.45, 7) is 1.97. The molecule has 0 radical (unpaired) electrons. The van der Waals surface area contributed by atoms with E-state index in [1.165, 1.54) is 24.6 Å². The predicted octanol–water partition coefficient (Wildman–Crippen LogP) is 3.49. The number of aromatic nitrogens is 4. The number of aryl methyl sites for hydroxylation is 1. The number of carbonyl (C=O) groups is 1. The molecule has 2 aromatic carbocycles. The molecule has 0 saturated heterocycles. The first-order valence-corrected chi connectivity index (χ1v) is 11.5. The molecule has 1 aliphatic carbocycles. The van der Waals surface area contributed by atoms with Gasteiger partial charge in [0.1, 0.15) is 0 Å². The Labute approximate surface area is 183 Å². The number of carbonyl (C=O) groups excluding carboxylic acids is 1. The third-order valence-electron chi connectivity index (χ3n) is 5.80. The normalized spacial score (nSPS) is 14.5. The molecule has 0 atom stereocenters. The highest BCUT2D eigenvalue weighted by molar-refractivity contribution is 7.99. The summed E-state index contributed by atoms with van der Waals surface area (Å²) >= 11 is 1.34. The maximum Gasteiger partial charge on any atom is 0.267 e. The number of fused-ring (bicyclic) bond motifs is 3. The minimum Gasteiger partial charge on any atom is -0.353 e. The van der Waals surface area contributed by atoms with Crippen LogP contribution >= 0.6 is 11.8 Å². The maximum atomic E-state index is 13.4. The van der Waals surface area contributed by atoms with Crippen LogP contribution in [0.1, 0.15) is 31.2 Å². The van der Waals surface area contributed by atoms with Gasteiger partial charge >= 0.3 is 0 Å². The minimum atomic E-state index is -0.139. The SMILES string of the molecule is Cc1ccccc1-n1c(=O)c2ccccc2n2c(SCC(=O)NC3CCCC3)nnc12. The van der Waals surface area contributed by atoms with E-state index in [0.29, 0.717) is 16.3 Å². The third kappa shape index (κ3) is 3.61. The van der Waals surface area contributed by atoms with Crippen LogP contribution in [-0.2, 0) is 4.79 Å². The largest absolute Gasteiger partial charge is 0.353 e. The minimum absolute atomic E-state index is 0.00480. The molecule has 0 bridgehead atoms. The average Bonchev–Trinajstić information content (AvgIpc) is 3.44. The lowest BCUT2D eigenvalue weighted by molar-refractivity contribution is -0.119. The van der Waals surface area contributed by atoms with Crippen LogP contribution in [0.3, 0.4) is 0 Å². The number of hydrogen-bond donors (Lipinski definition) is 1. The van der Waals surface area contributed by atoms with Gasteiger partial charge in [-0.15, -0.1) is 10.2 Å². The highest BCUT2D eigenvalue weighted by Gasteiger charge is 2.21. The summed E-state index contributed by atoms with van der Waals surface area (Å²) in [5, 5.41) is 13.0. The quantitative estimate of drug-likeness (QED) is 0.487. The zero-order valence-corrected chi connectivity index (χ0v) is 18.1. The van der Waals surface area contributed by atoms with Gasteiger partial charge in [0.15, 0.2) is 5.16 Å². The summed E-state index contributed by atoms with van der Waals surface area (Å²) in [5.74, 6) is 0.705. The van der Waals surface area contributed by atoms with Gasteiger partial charge in [0.2, 0.25) is 11.7 Å². The Balaban J connectivity index is 1.59. The van der Waals surface area contributed by atoms with Crippen molar-refractivity contribution < 1.29 is 4.79 Å². The van der Waals surface area contributed by atoms with E-state index in [-0.39, 0.29) is 23.3 Å². The van der Waals surface area contributed by atoms with Gasteiger partial charge in [-0.05, 0) is 43.5 Å². The summed E-state index contributed by atoms with van der Waals surface area (Å²) in [7, 11) is 0. The molecular formula is C23H23N5O2S. The smallest absolute Gasteiger partial charge is 0.267 e. The molecule has 5 rings (SSSR count). The second kappa shape index (κ2) is 8.19. The van der Waals surface area contributed by atoms with E-state index >= 15 is 0 Å². The van der Waals surface area contributed by atoms with Crippen LogP contribution < -0.4 is 10.9 Å². The first kappa shape index (κ1) is 19.8. The number of para-hydroxylation sites is 2. The standard InChI is InChI=1S/C23H23N5O2S/c1-15-8-2-6-12-18(15)27-21(30)17-11-5-7-13-19(17)28-22(27)25-26-23(28)31-14-20(29)24-16-9-3-4-10-16/h2,5-8,11-13,16H,3-4,9-10,14H2,1H3,(H,24,29). The number of benzene rings is 2. The molecule has 4 aromatic rings. The Morgan fingerprint density at radius 1 is 1.10 bits per heavy atom. The highest BCUT2D eigenvalue weighted by Crippen LogP contribution is 2.24. The molecule has 1 aliphatic rings. The fourth-order valence-corrected chi connectivity index (χ4v) is 5.02. The molecule has 2 aromatic heterocycles. The molecule has 8 heteroatoms. The molecule has 31 heavy (non-hydrogen) atoms. The maximum absolute atomic E-state index is 13.4. The fraction of sp³-hybridized carbons (Fsp3) is 0.304. The second-order valence-electron chi connectivity index (χ2n) is 7.90. The van der Waals surface area contributed by atoms with Crippen molar-refractivity contribution in [1.82, 2.24) is 24.5 Å². The molecule has 0 unspecified atom stereocenters. The van der Waals surface area contributed by atoms with Gasteiger partial charge in [-0.2, -0.15) is 0 Å². The lowest BCUT2D eigenvalue weighted by Crippen LogP contribution is -2.33. The second-order valence-corrected chi connectivity index (χ2v) is 8.84. The van der Waals surface area contributed by atoms with E-state index < -0.39 is 0 Å². The molecule has 1 amide bonds. The Hall–Kier alpha value is -3.13. The fourth-order valence-electron chi connectivity index (χ4n) is 4.27. The number of rotatable bonds is 5. The van der Waals surface area contributed by atoms with Gasteiger partial charge in [0.05, 0.1) is 22.3 Å². The zero-order valence-electron chi connectivity index (χ0n) is 17.2. The van der Waals surface area contributed by atoms with E-state index in [4.69, 9.17) is 0 Å². The number of nitrogens with one attached hydrogen (secondary N) is 1. The Morgan fingerprint density at radius 2 is 1.84 bits per heavy atom. The lowest BCUT2D eigenvalue weighted by atomic mass is 10.2. The van der Waals surface area contributed by atoms with Gasteiger partial charge in [0, 0.05) is 6.04 Å². The van der Waals surface area contributed by atoms with Crippen LogP contribution in [0.25, 0.3) is 22.4 Å². The van der Waals surface area contributed by atoms with Crippen molar-refractivity contribution in [3.8, 4) is 5.69 Å². The van der Waals surface area contributed by atoms with Gasteiger partial charge in [-0.3, -0.25) is 14.0 Å². The van der Waals surface area contributed by atoms with Gasteiger partial charge in [-0.25, -0.2) is 4.57 Å². The van der Waals surface area contributed by atoms with E-state index in [2.05, 4.69) is 15.5 Å². The van der Waals surface area contributed by atoms with E-state index in [0.717, 1.165) is 29.6 Å². The summed E-state index contributed by atoms with van der Waals surface area (Å²) in [6, 6.07) is 15.4. The van der Waals surface area contributed by atoms with Gasteiger partial charge in [-0.1, -0.05) is 54.9 Å². The van der Waals surface area contributed by atoms with Crippen LogP contribution in [0.5, 0.6) is 0 Å². The molecule has 158 valence electrons. The van der Waals surface area contributed by atoms with Crippen molar-refractivity contribution in [3.05, 3.63) is 64.4 Å². The van der Waals surface area contributed by atoms with E-state index in [1.807, 2.05) is 59.9 Å². The molecule has 2 heterocycles. The van der Waals surface area contributed by atoms with Crippen molar-refractivity contribution >= 4 is 34.3 Å². The molecule has 0 aliphatic heterocycles. The monoisotopic (exact) mass is 433 g/mol. The Morgan fingerprint density at radius 3 is 2.65 bits per heavy atom. The van der Waals surface area contributed by atoms with E-state index in [9.17, 15) is 9.59 Å². The Bertz CT molecular complexity index is 1340. The highest BCUT2D eigenvalue weighted by atomic mass is 32.2. The first-order chi connectivity index (χ1) is 15.1.